The van der Waals surface area contributed by atoms with Crippen molar-refractivity contribution in [3.63, 3.8) is 0 Å². The Hall–Kier alpha value is -1.13. The molecule has 2 rings (SSSR count). The highest BCUT2D eigenvalue weighted by Gasteiger charge is 2.15. The Kier molecular flexibility index (Phi) is 5.94. The van der Waals surface area contributed by atoms with Crippen molar-refractivity contribution in [1.29, 1.82) is 0 Å². The molecule has 1 aromatic rings. The largest absolute Gasteiger partial charge is 0.483 e. The van der Waals surface area contributed by atoms with E-state index in [9.17, 15) is 4.39 Å². The predicted molar refractivity (Wildman–Crippen MR) is 64.8 cm³/mol. The topological polar surface area (TPSA) is 49.3 Å². The van der Waals surface area contributed by atoms with E-state index in [-0.39, 0.29) is 17.3 Å². The second kappa shape index (κ2) is 7.25. The zero-order chi connectivity index (χ0) is 12.7. The van der Waals surface area contributed by atoms with Gasteiger partial charge < -0.3 is 10.4 Å². The molecule has 0 aromatic heterocycles. The van der Waals surface area contributed by atoms with Crippen molar-refractivity contribution in [1.82, 2.24) is 5.32 Å². The molecule has 5 heteroatoms. The van der Waals surface area contributed by atoms with Crippen LogP contribution in [0.2, 0.25) is 5.02 Å². The molecule has 0 radical (unpaired) electrons. The van der Waals surface area contributed by atoms with Gasteiger partial charge in [0.15, 0.2) is 0 Å². The van der Waals surface area contributed by atoms with E-state index in [0.29, 0.717) is 5.92 Å². The van der Waals surface area contributed by atoms with Crippen LogP contribution in [0.4, 0.5) is 4.39 Å². The molecule has 0 amide bonds. The normalized spacial score (nSPS) is 18.4. The van der Waals surface area contributed by atoms with Crippen molar-refractivity contribution in [2.75, 3.05) is 13.1 Å². The van der Waals surface area contributed by atoms with E-state index in [1.54, 1.807) is 6.07 Å². The summed E-state index contributed by atoms with van der Waals surface area (Å²) in [6.45, 7) is 1.91. The van der Waals surface area contributed by atoms with Gasteiger partial charge in [-0.15, -0.1) is 0 Å². The number of halogens is 2. The summed E-state index contributed by atoms with van der Waals surface area (Å²) in [5, 5.41) is 10.4. The first-order valence-electron chi connectivity index (χ1n) is 5.40. The summed E-state index contributed by atoms with van der Waals surface area (Å²) in [5.74, 6) is 0.344. The van der Waals surface area contributed by atoms with Gasteiger partial charge in [-0.05, 0) is 49.5 Å². The minimum Gasteiger partial charge on any atom is -0.483 e. The molecular weight excluding hydrogens is 245 g/mol. The molecule has 1 unspecified atom stereocenters. The quantitative estimate of drug-likeness (QED) is 0.802. The first kappa shape index (κ1) is 13.9. The van der Waals surface area contributed by atoms with Crippen LogP contribution in [0.1, 0.15) is 12.0 Å². The standard InChI is InChI=1S/C11H13ClFN.CH2O2/c12-10-6-8(1-2-11(10)13)5-9-3-4-14-7-9;2-1-3/h1-2,6,9,14H,3-5,7H2;1H,(H,2,3). The van der Waals surface area contributed by atoms with Crippen molar-refractivity contribution in [2.45, 2.75) is 12.8 Å². The highest BCUT2D eigenvalue weighted by atomic mass is 35.5. The van der Waals surface area contributed by atoms with E-state index < -0.39 is 0 Å². The summed E-state index contributed by atoms with van der Waals surface area (Å²) >= 11 is 5.71. The minimum absolute atomic E-state index is 0.230. The van der Waals surface area contributed by atoms with Crippen molar-refractivity contribution in [2.24, 2.45) is 5.92 Å². The molecule has 1 fully saturated rings. The molecule has 0 spiro atoms. The second-order valence-corrected chi connectivity index (χ2v) is 4.32. The summed E-state index contributed by atoms with van der Waals surface area (Å²) in [4.78, 5) is 8.36. The fourth-order valence-electron chi connectivity index (χ4n) is 1.89. The fourth-order valence-corrected chi connectivity index (χ4v) is 2.09. The molecule has 3 nitrogen and oxygen atoms in total. The molecule has 17 heavy (non-hydrogen) atoms. The number of hydrogen-bond acceptors (Lipinski definition) is 2. The average molecular weight is 260 g/mol. The minimum atomic E-state index is -0.333. The number of carbonyl (C=O) groups is 1. The Bertz CT molecular complexity index is 368. The van der Waals surface area contributed by atoms with Gasteiger partial charge >= 0.3 is 0 Å². The van der Waals surface area contributed by atoms with Crippen molar-refractivity contribution < 1.29 is 14.3 Å². The van der Waals surface area contributed by atoms with Crippen LogP contribution in [0, 0.1) is 11.7 Å². The smallest absolute Gasteiger partial charge is 0.290 e. The third kappa shape index (κ3) is 4.71. The molecule has 0 bridgehead atoms. The Morgan fingerprint density at radius 2 is 2.29 bits per heavy atom. The summed E-state index contributed by atoms with van der Waals surface area (Å²) in [7, 11) is 0. The van der Waals surface area contributed by atoms with E-state index in [4.69, 9.17) is 21.5 Å². The molecule has 94 valence electrons. The highest BCUT2D eigenvalue weighted by Crippen LogP contribution is 2.20. The van der Waals surface area contributed by atoms with E-state index in [1.165, 1.54) is 12.5 Å². The molecule has 1 aliphatic rings. The van der Waals surface area contributed by atoms with Gasteiger partial charge in [0.25, 0.3) is 6.47 Å². The number of nitrogens with one attached hydrogen (secondary N) is 1. The predicted octanol–water partition coefficient (Wildman–Crippen LogP) is 2.33. The van der Waals surface area contributed by atoms with Crippen LogP contribution in [0.5, 0.6) is 0 Å². The van der Waals surface area contributed by atoms with Crippen LogP contribution >= 0.6 is 11.6 Å². The Balaban J connectivity index is 0.000000437. The van der Waals surface area contributed by atoms with Crippen molar-refractivity contribution in [3.05, 3.63) is 34.6 Å². The molecular formula is C12H15ClFNO2. The van der Waals surface area contributed by atoms with E-state index >= 15 is 0 Å². The van der Waals surface area contributed by atoms with Crippen molar-refractivity contribution >= 4 is 18.1 Å². The van der Waals surface area contributed by atoms with E-state index in [0.717, 1.165) is 25.1 Å². The van der Waals surface area contributed by atoms with Gasteiger partial charge in [-0.3, -0.25) is 4.79 Å². The van der Waals surface area contributed by atoms with Gasteiger partial charge in [0.1, 0.15) is 5.82 Å². The first-order valence-corrected chi connectivity index (χ1v) is 5.77. The Labute approximate surface area is 105 Å². The van der Waals surface area contributed by atoms with Gasteiger partial charge in [0.2, 0.25) is 0 Å². The van der Waals surface area contributed by atoms with Crippen molar-refractivity contribution in [3.8, 4) is 0 Å². The zero-order valence-electron chi connectivity index (χ0n) is 9.33. The highest BCUT2D eigenvalue weighted by molar-refractivity contribution is 6.30. The number of hydrogen-bond donors (Lipinski definition) is 2. The third-order valence-electron chi connectivity index (χ3n) is 2.67. The van der Waals surface area contributed by atoms with Crippen LogP contribution in [-0.4, -0.2) is 24.7 Å². The van der Waals surface area contributed by atoms with Crippen LogP contribution in [-0.2, 0) is 11.2 Å². The van der Waals surface area contributed by atoms with E-state index in [1.807, 2.05) is 6.07 Å². The lowest BCUT2D eigenvalue weighted by atomic mass is 9.99. The summed E-state index contributed by atoms with van der Waals surface area (Å²) in [6, 6.07) is 4.99. The summed E-state index contributed by atoms with van der Waals surface area (Å²) in [6.07, 6.45) is 2.20. The summed E-state index contributed by atoms with van der Waals surface area (Å²) < 4.78 is 12.9. The number of benzene rings is 1. The molecule has 1 atom stereocenters. The number of rotatable bonds is 2. The molecule has 1 aliphatic heterocycles. The molecule has 1 saturated heterocycles. The van der Waals surface area contributed by atoms with Gasteiger partial charge in [0.05, 0.1) is 5.02 Å². The van der Waals surface area contributed by atoms with Gasteiger partial charge in [-0.25, -0.2) is 4.39 Å². The zero-order valence-corrected chi connectivity index (χ0v) is 10.1. The SMILES string of the molecule is Fc1ccc(CC2CCNC2)cc1Cl.O=CO. The monoisotopic (exact) mass is 259 g/mol. The van der Waals surface area contributed by atoms with E-state index in [2.05, 4.69) is 5.32 Å². The maximum atomic E-state index is 12.9. The van der Waals surface area contributed by atoms with Gasteiger partial charge in [-0.2, -0.15) is 0 Å². The van der Waals surface area contributed by atoms with Crippen LogP contribution < -0.4 is 5.32 Å². The lowest BCUT2D eigenvalue weighted by Crippen LogP contribution is -2.10. The molecule has 2 N–H and O–H groups in total. The second-order valence-electron chi connectivity index (χ2n) is 3.92. The Morgan fingerprint density at radius 1 is 1.59 bits per heavy atom. The molecule has 0 aliphatic carbocycles. The van der Waals surface area contributed by atoms with Crippen LogP contribution in [0.25, 0.3) is 0 Å². The van der Waals surface area contributed by atoms with Crippen LogP contribution in [0.15, 0.2) is 18.2 Å². The average Bonchev–Trinajstić information content (AvgIpc) is 2.77. The maximum Gasteiger partial charge on any atom is 0.290 e. The maximum absolute atomic E-state index is 12.9. The van der Waals surface area contributed by atoms with Gasteiger partial charge in [-0.1, -0.05) is 17.7 Å². The first-order chi connectivity index (χ1) is 8.17. The lowest BCUT2D eigenvalue weighted by Gasteiger charge is -2.08. The van der Waals surface area contributed by atoms with Crippen LogP contribution in [0.3, 0.4) is 0 Å². The molecule has 1 aromatic carbocycles. The fraction of sp³-hybridized carbons (Fsp3) is 0.417. The third-order valence-corrected chi connectivity index (χ3v) is 2.96. The molecule has 1 heterocycles. The number of carboxylic acid groups (broad SMARTS) is 1. The summed E-state index contributed by atoms with van der Waals surface area (Å²) in [5.41, 5.74) is 1.13. The Morgan fingerprint density at radius 3 is 2.82 bits per heavy atom. The lowest BCUT2D eigenvalue weighted by molar-refractivity contribution is -0.122. The molecule has 0 saturated carbocycles. The van der Waals surface area contributed by atoms with Gasteiger partial charge in [0, 0.05) is 0 Å².